The number of anilines is 1. The van der Waals surface area contributed by atoms with Crippen LogP contribution < -0.4 is 9.64 Å². The van der Waals surface area contributed by atoms with Crippen LogP contribution in [-0.4, -0.2) is 19.2 Å². The van der Waals surface area contributed by atoms with E-state index in [0.29, 0.717) is 0 Å². The van der Waals surface area contributed by atoms with Crippen LogP contribution in [0.3, 0.4) is 0 Å². The van der Waals surface area contributed by atoms with Gasteiger partial charge in [-0.3, -0.25) is 0 Å². The molecule has 0 N–H and O–H groups in total. The first-order valence-electron chi connectivity index (χ1n) is 9.39. The molecule has 11 heteroatoms. The minimum absolute atomic E-state index is 0.0851. The lowest BCUT2D eigenvalue weighted by Crippen LogP contribution is -2.38. The van der Waals surface area contributed by atoms with Gasteiger partial charge in [0.25, 0.3) is 0 Å². The third-order valence-corrected chi connectivity index (χ3v) is 5.06. The minimum atomic E-state index is -5.48. The van der Waals surface area contributed by atoms with Crippen molar-refractivity contribution in [3.05, 3.63) is 65.6 Å². The molecule has 2 nitrogen and oxygen atoms in total. The Morgan fingerprint density at radius 1 is 0.750 bits per heavy atom. The quantitative estimate of drug-likeness (QED) is 0.449. The van der Waals surface area contributed by atoms with E-state index in [0.717, 1.165) is 11.3 Å². The molecule has 3 rings (SSSR count). The van der Waals surface area contributed by atoms with Crippen LogP contribution in [0, 0.1) is 6.92 Å². The van der Waals surface area contributed by atoms with Gasteiger partial charge in [0.2, 0.25) is 0 Å². The fraction of sp³-hybridized carbons (Fsp3) is 0.381. The van der Waals surface area contributed by atoms with Crippen LogP contribution in [0.1, 0.15) is 35.1 Å². The first-order chi connectivity index (χ1) is 14.7. The monoisotopic (exact) mass is 470 g/mol. The van der Waals surface area contributed by atoms with E-state index < -0.39 is 47.1 Å². The number of piperidine rings is 1. The number of hydrogen-bond acceptors (Lipinski definition) is 2. The van der Waals surface area contributed by atoms with Gasteiger partial charge in [0.1, 0.15) is 11.9 Å². The molecule has 1 aliphatic rings. The van der Waals surface area contributed by atoms with E-state index >= 15 is 0 Å². The number of rotatable bonds is 3. The number of halogens is 9. The Labute approximate surface area is 177 Å². The van der Waals surface area contributed by atoms with E-state index in [2.05, 4.69) is 6.92 Å². The summed E-state index contributed by atoms with van der Waals surface area (Å²) in [4.78, 5) is 1.88. The predicted molar refractivity (Wildman–Crippen MR) is 98.2 cm³/mol. The number of nitrogens with zero attached hydrogens (tertiary/aromatic N) is 1. The first kappa shape index (κ1) is 24.1. The molecule has 1 heterocycles. The molecule has 2 aromatic carbocycles. The standard InChI is InChI=1S/C21H17F9NO/c1-12-2-4-14(5-3-12)31-8-6-15(7-9-31)32-18-16(20(25,26)27)10-13(19(22,23)24)11-17(18)21(28,29)30/h2-5,10-11,15H,1,6-9H2. The molecule has 2 aromatic rings. The summed E-state index contributed by atoms with van der Waals surface area (Å²) in [6, 6.07) is 6.38. The van der Waals surface area contributed by atoms with Crippen molar-refractivity contribution >= 4 is 5.69 Å². The SMILES string of the molecule is [CH2]c1ccc(N2CCC(Oc3c(C(F)(F)F)cc(C(F)(F)F)cc3C(F)(F)F)CC2)cc1. The zero-order valence-corrected chi connectivity index (χ0v) is 16.3. The van der Waals surface area contributed by atoms with Crippen molar-refractivity contribution in [2.24, 2.45) is 0 Å². The summed E-state index contributed by atoms with van der Waals surface area (Å²) in [6.45, 7) is 4.31. The zero-order chi connectivity index (χ0) is 23.9. The number of ether oxygens (including phenoxy) is 1. The molecule has 0 spiro atoms. The maximum absolute atomic E-state index is 13.4. The van der Waals surface area contributed by atoms with Gasteiger partial charge in [-0.05, 0) is 36.8 Å². The summed E-state index contributed by atoms with van der Waals surface area (Å²) in [7, 11) is 0. The second kappa shape index (κ2) is 8.40. The molecule has 0 atom stereocenters. The third-order valence-electron chi connectivity index (χ3n) is 5.06. The van der Waals surface area contributed by atoms with Crippen molar-refractivity contribution in [2.45, 2.75) is 37.5 Å². The smallest absolute Gasteiger partial charge is 0.419 e. The molecule has 0 bridgehead atoms. The Kier molecular flexibility index (Phi) is 6.32. The number of alkyl halides is 9. The second-order valence-electron chi connectivity index (χ2n) is 7.36. The van der Waals surface area contributed by atoms with Crippen molar-refractivity contribution in [3.63, 3.8) is 0 Å². The van der Waals surface area contributed by atoms with Crippen LogP contribution in [0.4, 0.5) is 45.2 Å². The van der Waals surface area contributed by atoms with E-state index in [1.54, 1.807) is 24.3 Å². The van der Waals surface area contributed by atoms with Crippen molar-refractivity contribution in [1.29, 1.82) is 0 Å². The van der Waals surface area contributed by atoms with Gasteiger partial charge in [-0.1, -0.05) is 12.1 Å². The van der Waals surface area contributed by atoms with Gasteiger partial charge in [0.15, 0.2) is 0 Å². The Bertz CT molecular complexity index is 903. The van der Waals surface area contributed by atoms with Crippen molar-refractivity contribution in [1.82, 2.24) is 0 Å². The summed E-state index contributed by atoms with van der Waals surface area (Å²) in [5.74, 6) is -1.63. The van der Waals surface area contributed by atoms with Gasteiger partial charge in [0, 0.05) is 31.6 Å². The van der Waals surface area contributed by atoms with E-state index in [1.807, 2.05) is 4.90 Å². The summed E-state index contributed by atoms with van der Waals surface area (Å²) in [5, 5.41) is 0. The van der Waals surface area contributed by atoms with Gasteiger partial charge in [-0.25, -0.2) is 0 Å². The molecule has 1 fully saturated rings. The highest BCUT2D eigenvalue weighted by atomic mass is 19.4. The largest absolute Gasteiger partial charge is 0.489 e. The molecular weight excluding hydrogens is 453 g/mol. The molecule has 175 valence electrons. The molecule has 0 aromatic heterocycles. The summed E-state index contributed by atoms with van der Waals surface area (Å²) < 4.78 is 125. The van der Waals surface area contributed by atoms with E-state index in [9.17, 15) is 39.5 Å². The lowest BCUT2D eigenvalue weighted by molar-refractivity contribution is -0.151. The average molecular weight is 470 g/mol. The van der Waals surface area contributed by atoms with Gasteiger partial charge in [0.05, 0.1) is 16.7 Å². The third kappa shape index (κ3) is 5.42. The molecule has 1 saturated heterocycles. The molecule has 0 saturated carbocycles. The molecule has 0 unspecified atom stereocenters. The van der Waals surface area contributed by atoms with Crippen LogP contribution in [-0.2, 0) is 18.5 Å². The van der Waals surface area contributed by atoms with Crippen molar-refractivity contribution in [3.8, 4) is 5.75 Å². The molecule has 1 aliphatic heterocycles. The molecule has 0 amide bonds. The minimum Gasteiger partial charge on any atom is -0.489 e. The molecule has 32 heavy (non-hydrogen) atoms. The normalized spacial score (nSPS) is 16.4. The number of benzene rings is 2. The fourth-order valence-electron chi connectivity index (χ4n) is 3.45. The van der Waals surface area contributed by atoms with Gasteiger partial charge in [-0.2, -0.15) is 39.5 Å². The maximum Gasteiger partial charge on any atom is 0.419 e. The number of hydrogen-bond donors (Lipinski definition) is 0. The lowest BCUT2D eigenvalue weighted by Gasteiger charge is -2.34. The fourth-order valence-corrected chi connectivity index (χ4v) is 3.45. The van der Waals surface area contributed by atoms with E-state index in [4.69, 9.17) is 4.74 Å². The maximum atomic E-state index is 13.4. The van der Waals surface area contributed by atoms with Crippen molar-refractivity contribution in [2.75, 3.05) is 18.0 Å². The van der Waals surface area contributed by atoms with Crippen LogP contribution >= 0.6 is 0 Å². The Balaban J connectivity index is 1.91. The highest BCUT2D eigenvalue weighted by molar-refractivity contribution is 5.50. The Morgan fingerprint density at radius 2 is 1.22 bits per heavy atom. The van der Waals surface area contributed by atoms with Crippen LogP contribution in [0.15, 0.2) is 36.4 Å². The Morgan fingerprint density at radius 3 is 1.62 bits per heavy atom. The highest BCUT2D eigenvalue weighted by Gasteiger charge is 2.46. The predicted octanol–water partition coefficient (Wildman–Crippen LogP) is 6.97. The lowest BCUT2D eigenvalue weighted by atomic mass is 10.0. The molecule has 1 radical (unpaired) electrons. The summed E-state index contributed by atoms with van der Waals surface area (Å²) in [6.07, 6.45) is -17.2. The molecular formula is C21H17F9NO. The molecule has 0 aliphatic carbocycles. The van der Waals surface area contributed by atoms with Crippen LogP contribution in [0.2, 0.25) is 0 Å². The van der Waals surface area contributed by atoms with Gasteiger partial charge in [-0.15, -0.1) is 0 Å². The first-order valence-corrected chi connectivity index (χ1v) is 9.39. The van der Waals surface area contributed by atoms with E-state index in [-0.39, 0.29) is 38.1 Å². The average Bonchev–Trinajstić information content (AvgIpc) is 2.67. The van der Waals surface area contributed by atoms with E-state index in [1.165, 1.54) is 0 Å². The topological polar surface area (TPSA) is 12.5 Å². The van der Waals surface area contributed by atoms with Crippen LogP contribution in [0.25, 0.3) is 0 Å². The summed E-state index contributed by atoms with van der Waals surface area (Å²) >= 11 is 0. The van der Waals surface area contributed by atoms with Crippen molar-refractivity contribution < 1.29 is 44.3 Å². The second-order valence-corrected chi connectivity index (χ2v) is 7.36. The highest BCUT2D eigenvalue weighted by Crippen LogP contribution is 2.48. The van der Waals surface area contributed by atoms with Crippen LogP contribution in [0.5, 0.6) is 5.75 Å². The van der Waals surface area contributed by atoms with Gasteiger partial charge >= 0.3 is 18.5 Å². The zero-order valence-electron chi connectivity index (χ0n) is 16.3. The Hall–Kier alpha value is -2.59. The summed E-state index contributed by atoms with van der Waals surface area (Å²) in [5.41, 5.74) is -4.68. The van der Waals surface area contributed by atoms with Gasteiger partial charge < -0.3 is 9.64 Å².